The van der Waals surface area contributed by atoms with Crippen molar-refractivity contribution in [2.45, 2.75) is 45.5 Å². The van der Waals surface area contributed by atoms with Crippen molar-refractivity contribution < 1.29 is 23.2 Å². The summed E-state index contributed by atoms with van der Waals surface area (Å²) in [6.07, 6.45) is 2.48. The van der Waals surface area contributed by atoms with Crippen LogP contribution in [0.25, 0.3) is 6.08 Å². The number of ether oxygens (including phenoxy) is 1. The number of hydrogen-bond donors (Lipinski definition) is 2. The first-order valence-corrected chi connectivity index (χ1v) is 9.99. The second-order valence-corrected chi connectivity index (χ2v) is 8.37. The minimum atomic E-state index is -0.739. The molecular formula is C22H27BFN3O4. The first kappa shape index (κ1) is 22.8. The largest absolute Gasteiger partial charge is 0.492 e. The molecule has 1 aromatic heterocycles. The van der Waals surface area contributed by atoms with Gasteiger partial charge in [0.1, 0.15) is 6.61 Å². The smallest absolute Gasteiger partial charge is 0.445 e. The van der Waals surface area contributed by atoms with Crippen LogP contribution < -0.4 is 11.1 Å². The van der Waals surface area contributed by atoms with Gasteiger partial charge in [-0.05, 0) is 50.4 Å². The first-order chi connectivity index (χ1) is 14.6. The average molecular weight is 427 g/mol. The Labute approximate surface area is 181 Å². The molecule has 0 spiro atoms. The number of carbonyl (C=O) groups excluding carboxylic acids is 1. The molecule has 3 N–H and O–H groups in total. The van der Waals surface area contributed by atoms with Gasteiger partial charge in [0.25, 0.3) is 0 Å². The number of nitrogens with zero attached hydrogens (tertiary/aromatic N) is 1. The third kappa shape index (κ3) is 5.62. The van der Waals surface area contributed by atoms with Crippen LogP contribution in [0.1, 0.15) is 38.8 Å². The van der Waals surface area contributed by atoms with Gasteiger partial charge in [-0.1, -0.05) is 36.4 Å². The number of aromatic nitrogens is 1. The van der Waals surface area contributed by atoms with E-state index in [2.05, 4.69) is 10.3 Å². The van der Waals surface area contributed by atoms with Gasteiger partial charge in [-0.15, -0.1) is 0 Å². The third-order valence-corrected chi connectivity index (χ3v) is 5.45. The molecule has 2 aromatic rings. The van der Waals surface area contributed by atoms with E-state index in [-0.39, 0.29) is 18.8 Å². The molecule has 31 heavy (non-hydrogen) atoms. The summed E-state index contributed by atoms with van der Waals surface area (Å²) in [5.41, 5.74) is 6.49. The summed E-state index contributed by atoms with van der Waals surface area (Å²) in [5.74, 6) is -0.739. The SMILES string of the molecule is CC1(C)OB(C(=Cc2cnc(F)c(N)c2)CNC(=O)OCc2ccccc2)OC1(C)C. The Balaban J connectivity index is 1.73. The van der Waals surface area contributed by atoms with E-state index in [1.54, 1.807) is 6.08 Å². The van der Waals surface area contributed by atoms with E-state index >= 15 is 0 Å². The zero-order valence-electron chi connectivity index (χ0n) is 18.1. The highest BCUT2D eigenvalue weighted by Crippen LogP contribution is 2.38. The summed E-state index contributed by atoms with van der Waals surface area (Å²) < 4.78 is 30.9. The Hall–Kier alpha value is -2.91. The van der Waals surface area contributed by atoms with Crippen molar-refractivity contribution in [3.8, 4) is 0 Å². The lowest BCUT2D eigenvalue weighted by Crippen LogP contribution is -2.41. The van der Waals surface area contributed by atoms with Crippen LogP contribution in [0.3, 0.4) is 0 Å². The van der Waals surface area contributed by atoms with Crippen molar-refractivity contribution in [1.82, 2.24) is 10.3 Å². The van der Waals surface area contributed by atoms with Crippen LogP contribution in [-0.4, -0.2) is 35.9 Å². The number of nitrogens with one attached hydrogen (secondary N) is 1. The standard InChI is InChI=1S/C22H27BFN3O4/c1-21(2)22(3,4)31-23(30-21)17(10-16-11-18(25)19(24)26-12-16)13-27-20(28)29-14-15-8-6-5-7-9-15/h5-12H,13-14,25H2,1-4H3,(H,27,28). The van der Waals surface area contributed by atoms with E-state index in [0.717, 1.165) is 5.56 Å². The molecule has 1 aliphatic heterocycles. The zero-order valence-corrected chi connectivity index (χ0v) is 18.1. The zero-order chi connectivity index (χ0) is 22.6. The molecule has 3 rings (SSSR count). The highest BCUT2D eigenvalue weighted by atomic mass is 19.1. The Bertz CT molecular complexity index is 950. The second kappa shape index (κ2) is 9.07. The number of benzene rings is 1. The number of amides is 1. The van der Waals surface area contributed by atoms with Crippen molar-refractivity contribution in [2.24, 2.45) is 0 Å². The summed E-state index contributed by atoms with van der Waals surface area (Å²) in [7, 11) is -0.717. The number of carbonyl (C=O) groups is 1. The van der Waals surface area contributed by atoms with Gasteiger partial charge in [0.15, 0.2) is 0 Å². The van der Waals surface area contributed by atoms with E-state index in [1.165, 1.54) is 12.3 Å². The first-order valence-electron chi connectivity index (χ1n) is 9.99. The van der Waals surface area contributed by atoms with Crippen molar-refractivity contribution >= 4 is 25.0 Å². The number of rotatable bonds is 6. The highest BCUT2D eigenvalue weighted by Gasteiger charge is 2.52. The predicted molar refractivity (Wildman–Crippen MR) is 117 cm³/mol. The fraction of sp³-hybridized carbons (Fsp3) is 0.364. The van der Waals surface area contributed by atoms with Crippen molar-refractivity contribution in [3.63, 3.8) is 0 Å². The maximum absolute atomic E-state index is 13.4. The molecule has 0 atom stereocenters. The van der Waals surface area contributed by atoms with Crippen molar-refractivity contribution in [1.29, 1.82) is 0 Å². The molecular weight excluding hydrogens is 400 g/mol. The fourth-order valence-electron chi connectivity index (χ4n) is 2.92. The van der Waals surface area contributed by atoms with Gasteiger partial charge in [0.05, 0.1) is 16.9 Å². The molecule has 0 unspecified atom stereocenters. The molecule has 0 aliphatic carbocycles. The van der Waals surface area contributed by atoms with Crippen LogP contribution in [-0.2, 0) is 20.7 Å². The lowest BCUT2D eigenvalue weighted by atomic mass is 9.77. The molecule has 0 saturated carbocycles. The number of alkyl carbamates (subject to hydrolysis) is 1. The molecule has 1 fully saturated rings. The molecule has 1 aromatic carbocycles. The van der Waals surface area contributed by atoms with Gasteiger partial charge < -0.3 is 25.1 Å². The van der Waals surface area contributed by atoms with E-state index in [0.29, 0.717) is 11.0 Å². The molecule has 0 radical (unpaired) electrons. The number of pyridine rings is 1. The second-order valence-electron chi connectivity index (χ2n) is 8.37. The van der Waals surface area contributed by atoms with Gasteiger partial charge in [0.2, 0.25) is 5.95 Å². The molecule has 1 amide bonds. The van der Waals surface area contributed by atoms with Crippen LogP contribution in [0.15, 0.2) is 48.1 Å². The minimum Gasteiger partial charge on any atom is -0.445 e. The molecule has 2 heterocycles. The average Bonchev–Trinajstić information content (AvgIpc) is 2.94. The Kier molecular flexibility index (Phi) is 6.67. The Morgan fingerprint density at radius 1 is 1.23 bits per heavy atom. The summed E-state index contributed by atoms with van der Waals surface area (Å²) in [6, 6.07) is 10.8. The summed E-state index contributed by atoms with van der Waals surface area (Å²) in [5, 5.41) is 2.72. The number of nitrogens with two attached hydrogens (primary N) is 1. The van der Waals surface area contributed by atoms with Crippen LogP contribution in [0.4, 0.5) is 14.9 Å². The van der Waals surface area contributed by atoms with Crippen LogP contribution in [0, 0.1) is 5.95 Å². The summed E-state index contributed by atoms with van der Waals surface area (Å²) in [4.78, 5) is 15.9. The van der Waals surface area contributed by atoms with Crippen LogP contribution in [0.2, 0.25) is 0 Å². The van der Waals surface area contributed by atoms with Gasteiger partial charge in [-0.2, -0.15) is 4.39 Å². The normalized spacial score (nSPS) is 17.5. The molecule has 1 saturated heterocycles. The Morgan fingerprint density at radius 2 is 1.87 bits per heavy atom. The highest BCUT2D eigenvalue weighted by molar-refractivity contribution is 6.56. The van der Waals surface area contributed by atoms with Crippen molar-refractivity contribution in [2.75, 3.05) is 12.3 Å². The van der Waals surface area contributed by atoms with Crippen molar-refractivity contribution in [3.05, 3.63) is 65.1 Å². The minimum absolute atomic E-state index is 0.0720. The lowest BCUT2D eigenvalue weighted by Gasteiger charge is -2.32. The van der Waals surface area contributed by atoms with Crippen LogP contribution >= 0.6 is 0 Å². The van der Waals surface area contributed by atoms with Crippen LogP contribution in [0.5, 0.6) is 0 Å². The van der Waals surface area contributed by atoms with E-state index < -0.39 is 30.4 Å². The maximum atomic E-state index is 13.4. The number of anilines is 1. The quantitative estimate of drug-likeness (QED) is 0.539. The number of hydrogen-bond acceptors (Lipinski definition) is 6. The van der Waals surface area contributed by atoms with Gasteiger partial charge >= 0.3 is 13.2 Å². The number of nitrogen functional groups attached to an aromatic ring is 1. The van der Waals surface area contributed by atoms with E-state index in [1.807, 2.05) is 58.0 Å². The maximum Gasteiger partial charge on any atom is 0.492 e. The Morgan fingerprint density at radius 3 is 2.48 bits per heavy atom. The fourth-order valence-corrected chi connectivity index (χ4v) is 2.92. The van der Waals surface area contributed by atoms with Gasteiger partial charge in [-0.25, -0.2) is 9.78 Å². The monoisotopic (exact) mass is 427 g/mol. The van der Waals surface area contributed by atoms with Gasteiger partial charge in [-0.3, -0.25) is 0 Å². The van der Waals surface area contributed by atoms with Gasteiger partial charge in [0, 0.05) is 12.7 Å². The molecule has 7 nitrogen and oxygen atoms in total. The summed E-state index contributed by atoms with van der Waals surface area (Å²) in [6.45, 7) is 7.99. The molecule has 164 valence electrons. The number of halogens is 1. The molecule has 1 aliphatic rings. The lowest BCUT2D eigenvalue weighted by molar-refractivity contribution is 0.00578. The summed E-state index contributed by atoms with van der Waals surface area (Å²) >= 11 is 0. The third-order valence-electron chi connectivity index (χ3n) is 5.45. The predicted octanol–water partition coefficient (Wildman–Crippen LogP) is 3.74. The topological polar surface area (TPSA) is 95.7 Å². The molecule has 0 bridgehead atoms. The van der Waals surface area contributed by atoms with E-state index in [4.69, 9.17) is 19.8 Å². The van der Waals surface area contributed by atoms with E-state index in [9.17, 15) is 9.18 Å². The molecule has 9 heteroatoms.